The van der Waals surface area contributed by atoms with Gasteiger partial charge < -0.3 is 37.2 Å². The lowest BCUT2D eigenvalue weighted by molar-refractivity contribution is -0.144. The monoisotopic (exact) mass is 429 g/mol. The fourth-order valence-corrected chi connectivity index (χ4v) is 2.99. The van der Waals surface area contributed by atoms with Gasteiger partial charge in [0.2, 0.25) is 23.6 Å². The van der Waals surface area contributed by atoms with Crippen molar-refractivity contribution in [3.05, 3.63) is 0 Å². The second-order valence-corrected chi connectivity index (χ2v) is 7.03. The molecule has 0 aromatic heterocycles. The summed E-state index contributed by atoms with van der Waals surface area (Å²) in [5.41, 5.74) is 10.7. The third-order valence-electron chi connectivity index (χ3n) is 4.60. The van der Waals surface area contributed by atoms with E-state index in [0.29, 0.717) is 12.8 Å². The largest absolute Gasteiger partial charge is 0.481 e. The zero-order valence-electron chi connectivity index (χ0n) is 16.5. The molecular weight excluding hydrogens is 402 g/mol. The third kappa shape index (κ3) is 7.31. The van der Waals surface area contributed by atoms with Gasteiger partial charge in [-0.2, -0.15) is 0 Å². The minimum Gasteiger partial charge on any atom is -0.481 e. The van der Waals surface area contributed by atoms with Crippen LogP contribution in [0.3, 0.4) is 0 Å². The van der Waals surface area contributed by atoms with Gasteiger partial charge in [0.15, 0.2) is 0 Å². The van der Waals surface area contributed by atoms with E-state index in [1.165, 1.54) is 11.8 Å². The topological polar surface area (TPSA) is 222 Å². The van der Waals surface area contributed by atoms with E-state index < -0.39 is 66.2 Å². The van der Waals surface area contributed by atoms with Crippen LogP contribution in [0.2, 0.25) is 0 Å². The molecule has 1 aliphatic rings. The summed E-state index contributed by atoms with van der Waals surface area (Å²) in [4.78, 5) is 71.1. The number of carbonyl (C=O) groups is 6. The Morgan fingerprint density at radius 3 is 2.30 bits per heavy atom. The molecule has 4 unspecified atom stereocenters. The molecular formula is C17H27N5O8. The van der Waals surface area contributed by atoms with Crippen LogP contribution in [-0.2, 0) is 28.8 Å². The number of carboxylic acid groups (broad SMARTS) is 2. The smallest absolute Gasteiger partial charge is 0.326 e. The first kappa shape index (κ1) is 24.8. The standard InChI is InChI=1S/C17H27N5O8/c1-8(14(26)21-10(17(29)30)7-12(19)23)20-15(27)11-3-2-6-22(11)16(28)9(18)4-5-13(24)25/h8-11H,2-7,18H2,1H3,(H2,19,23)(H,20,27)(H,21,26)(H,24,25)(H,29,30). The van der Waals surface area contributed by atoms with Crippen LogP contribution in [0, 0.1) is 0 Å². The van der Waals surface area contributed by atoms with Crippen LogP contribution in [0.1, 0.15) is 39.0 Å². The number of primary amides is 1. The Balaban J connectivity index is 2.69. The van der Waals surface area contributed by atoms with Crippen molar-refractivity contribution in [1.82, 2.24) is 15.5 Å². The molecule has 0 aliphatic carbocycles. The molecule has 0 saturated carbocycles. The molecule has 1 fully saturated rings. The Labute approximate surface area is 172 Å². The Morgan fingerprint density at radius 1 is 1.13 bits per heavy atom. The van der Waals surface area contributed by atoms with Gasteiger partial charge in [-0.3, -0.25) is 24.0 Å². The predicted molar refractivity (Wildman–Crippen MR) is 101 cm³/mol. The zero-order chi connectivity index (χ0) is 23.0. The minimum absolute atomic E-state index is 0.0751. The highest BCUT2D eigenvalue weighted by Gasteiger charge is 2.37. The van der Waals surface area contributed by atoms with Crippen molar-refractivity contribution in [3.63, 3.8) is 0 Å². The van der Waals surface area contributed by atoms with Crippen LogP contribution in [0.25, 0.3) is 0 Å². The van der Waals surface area contributed by atoms with Gasteiger partial charge in [0.05, 0.1) is 12.5 Å². The van der Waals surface area contributed by atoms with Crippen molar-refractivity contribution in [1.29, 1.82) is 0 Å². The predicted octanol–water partition coefficient (Wildman–Crippen LogP) is -2.88. The van der Waals surface area contributed by atoms with Crippen LogP contribution in [-0.4, -0.2) is 81.4 Å². The molecule has 1 saturated heterocycles. The van der Waals surface area contributed by atoms with Crippen molar-refractivity contribution in [3.8, 4) is 0 Å². The van der Waals surface area contributed by atoms with E-state index in [1.807, 2.05) is 0 Å². The van der Waals surface area contributed by atoms with Crippen molar-refractivity contribution in [2.24, 2.45) is 11.5 Å². The maximum absolute atomic E-state index is 12.6. The molecule has 0 aromatic carbocycles. The number of carboxylic acids is 2. The number of nitrogens with zero attached hydrogens (tertiary/aromatic N) is 1. The molecule has 0 radical (unpaired) electrons. The summed E-state index contributed by atoms with van der Waals surface area (Å²) in [7, 11) is 0. The molecule has 13 nitrogen and oxygen atoms in total. The molecule has 30 heavy (non-hydrogen) atoms. The summed E-state index contributed by atoms with van der Waals surface area (Å²) in [5.74, 6) is -5.49. The highest BCUT2D eigenvalue weighted by molar-refractivity contribution is 5.95. The van der Waals surface area contributed by atoms with Gasteiger partial charge in [0.25, 0.3) is 0 Å². The summed E-state index contributed by atoms with van der Waals surface area (Å²) in [6, 6.07) is -4.64. The summed E-state index contributed by atoms with van der Waals surface area (Å²) in [5, 5.41) is 22.2. The number of likely N-dealkylation sites (tertiary alicyclic amines) is 1. The van der Waals surface area contributed by atoms with E-state index in [4.69, 9.17) is 21.7 Å². The first-order chi connectivity index (χ1) is 13.9. The quantitative estimate of drug-likeness (QED) is 0.198. The molecule has 4 atom stereocenters. The van der Waals surface area contributed by atoms with Crippen LogP contribution in [0.4, 0.5) is 0 Å². The van der Waals surface area contributed by atoms with E-state index >= 15 is 0 Å². The third-order valence-corrected chi connectivity index (χ3v) is 4.60. The number of nitrogens with one attached hydrogen (secondary N) is 2. The molecule has 0 spiro atoms. The summed E-state index contributed by atoms with van der Waals surface area (Å²) in [6.07, 6.45) is -0.118. The number of amides is 4. The second-order valence-electron chi connectivity index (χ2n) is 7.03. The van der Waals surface area contributed by atoms with Crippen LogP contribution < -0.4 is 22.1 Å². The average molecular weight is 429 g/mol. The number of nitrogens with two attached hydrogens (primary N) is 2. The second kappa shape index (κ2) is 11.1. The molecule has 0 aromatic rings. The Kier molecular flexibility index (Phi) is 9.17. The van der Waals surface area contributed by atoms with Gasteiger partial charge in [-0.05, 0) is 26.2 Å². The van der Waals surface area contributed by atoms with E-state index in [2.05, 4.69) is 10.6 Å². The van der Waals surface area contributed by atoms with Gasteiger partial charge >= 0.3 is 11.9 Å². The first-order valence-corrected chi connectivity index (χ1v) is 9.33. The zero-order valence-corrected chi connectivity index (χ0v) is 16.5. The van der Waals surface area contributed by atoms with Crippen LogP contribution >= 0.6 is 0 Å². The van der Waals surface area contributed by atoms with E-state index in [0.717, 1.165) is 0 Å². The van der Waals surface area contributed by atoms with Crippen molar-refractivity contribution in [2.75, 3.05) is 6.54 Å². The number of carbonyl (C=O) groups excluding carboxylic acids is 4. The minimum atomic E-state index is -1.54. The lowest BCUT2D eigenvalue weighted by Crippen LogP contribution is -2.56. The normalized spacial score (nSPS) is 18.7. The van der Waals surface area contributed by atoms with Gasteiger partial charge in [-0.15, -0.1) is 0 Å². The summed E-state index contributed by atoms with van der Waals surface area (Å²) >= 11 is 0. The number of aliphatic carboxylic acids is 2. The van der Waals surface area contributed by atoms with Crippen LogP contribution in [0.5, 0.6) is 0 Å². The maximum Gasteiger partial charge on any atom is 0.326 e. The van der Waals surface area contributed by atoms with Gasteiger partial charge in [0, 0.05) is 13.0 Å². The van der Waals surface area contributed by atoms with E-state index in [1.54, 1.807) is 0 Å². The van der Waals surface area contributed by atoms with Crippen molar-refractivity contribution < 1.29 is 39.0 Å². The lowest BCUT2D eigenvalue weighted by Gasteiger charge is -2.27. The van der Waals surface area contributed by atoms with Crippen molar-refractivity contribution in [2.45, 2.75) is 63.2 Å². The molecule has 8 N–H and O–H groups in total. The fourth-order valence-electron chi connectivity index (χ4n) is 2.99. The molecule has 1 aliphatic heterocycles. The molecule has 4 amide bonds. The summed E-state index contributed by atoms with van der Waals surface area (Å²) < 4.78 is 0. The Bertz CT molecular complexity index is 712. The highest BCUT2D eigenvalue weighted by Crippen LogP contribution is 2.19. The highest BCUT2D eigenvalue weighted by atomic mass is 16.4. The number of hydrogen-bond acceptors (Lipinski definition) is 7. The number of rotatable bonds is 11. The van der Waals surface area contributed by atoms with Gasteiger partial charge in [-0.1, -0.05) is 0 Å². The first-order valence-electron chi connectivity index (χ1n) is 9.33. The molecule has 1 rings (SSSR count). The van der Waals surface area contributed by atoms with Gasteiger partial charge in [0.1, 0.15) is 18.1 Å². The van der Waals surface area contributed by atoms with Crippen molar-refractivity contribution >= 4 is 35.6 Å². The Hall–Kier alpha value is -3.22. The molecule has 0 bridgehead atoms. The average Bonchev–Trinajstić information content (AvgIpc) is 3.14. The molecule has 168 valence electrons. The molecule has 1 heterocycles. The SMILES string of the molecule is CC(NC(=O)C1CCCN1C(=O)C(N)CCC(=O)O)C(=O)NC(CC(N)=O)C(=O)O. The van der Waals surface area contributed by atoms with E-state index in [9.17, 15) is 28.8 Å². The lowest BCUT2D eigenvalue weighted by atomic mass is 10.1. The van der Waals surface area contributed by atoms with E-state index in [-0.39, 0.29) is 19.4 Å². The Morgan fingerprint density at radius 2 is 1.77 bits per heavy atom. The number of hydrogen-bond donors (Lipinski definition) is 6. The molecule has 13 heteroatoms. The van der Waals surface area contributed by atoms with Crippen LogP contribution in [0.15, 0.2) is 0 Å². The summed E-state index contributed by atoms with van der Waals surface area (Å²) in [6.45, 7) is 1.58. The van der Waals surface area contributed by atoms with Gasteiger partial charge in [-0.25, -0.2) is 4.79 Å². The fraction of sp³-hybridized carbons (Fsp3) is 0.647. The maximum atomic E-state index is 12.6.